The van der Waals surface area contributed by atoms with Crippen molar-refractivity contribution in [3.8, 4) is 0 Å². The van der Waals surface area contributed by atoms with Crippen LogP contribution in [0.15, 0.2) is 35.4 Å². The van der Waals surface area contributed by atoms with Crippen molar-refractivity contribution in [2.24, 2.45) is 5.10 Å². The zero-order valence-electron chi connectivity index (χ0n) is 17.4. The predicted molar refractivity (Wildman–Crippen MR) is 118 cm³/mol. The van der Waals surface area contributed by atoms with E-state index in [1.807, 2.05) is 13.0 Å². The SMILES string of the molecule is Cc1ccc(C(=O)N/N=C\c2cc3c(cc2C)N(C)C(C)(C)CC3C)c(Cl)c1. The molecule has 1 unspecified atom stereocenters. The van der Waals surface area contributed by atoms with E-state index in [1.54, 1.807) is 18.3 Å². The van der Waals surface area contributed by atoms with E-state index in [9.17, 15) is 4.79 Å². The summed E-state index contributed by atoms with van der Waals surface area (Å²) < 4.78 is 0. The topological polar surface area (TPSA) is 44.7 Å². The number of benzene rings is 2. The Kier molecular flexibility index (Phi) is 5.53. The van der Waals surface area contributed by atoms with Gasteiger partial charge in [-0.05, 0) is 86.6 Å². The Morgan fingerprint density at radius 3 is 2.68 bits per heavy atom. The second-order valence-electron chi connectivity index (χ2n) is 8.43. The second-order valence-corrected chi connectivity index (χ2v) is 8.83. The lowest BCUT2D eigenvalue weighted by Gasteiger charge is -2.45. The largest absolute Gasteiger partial charge is 0.369 e. The number of nitrogens with one attached hydrogen (secondary N) is 1. The number of halogens is 1. The van der Waals surface area contributed by atoms with Crippen LogP contribution in [0.4, 0.5) is 5.69 Å². The minimum atomic E-state index is -0.313. The minimum absolute atomic E-state index is 0.135. The van der Waals surface area contributed by atoms with Gasteiger partial charge in [0.25, 0.3) is 5.91 Å². The van der Waals surface area contributed by atoms with Gasteiger partial charge in [-0.25, -0.2) is 5.43 Å². The van der Waals surface area contributed by atoms with Crippen LogP contribution in [0.5, 0.6) is 0 Å². The summed E-state index contributed by atoms with van der Waals surface area (Å²) in [7, 11) is 2.16. The third kappa shape index (κ3) is 3.93. The first-order valence-corrected chi connectivity index (χ1v) is 9.96. The summed E-state index contributed by atoms with van der Waals surface area (Å²) in [5.41, 5.74) is 8.88. The van der Waals surface area contributed by atoms with E-state index in [0.717, 1.165) is 23.1 Å². The first kappa shape index (κ1) is 20.4. The average Bonchev–Trinajstić information content (AvgIpc) is 2.60. The Bertz CT molecular complexity index is 949. The Morgan fingerprint density at radius 1 is 1.29 bits per heavy atom. The Hall–Kier alpha value is -2.33. The summed E-state index contributed by atoms with van der Waals surface area (Å²) in [5.74, 6) is 0.154. The van der Waals surface area contributed by atoms with Gasteiger partial charge in [-0.15, -0.1) is 0 Å². The molecule has 28 heavy (non-hydrogen) atoms. The zero-order valence-corrected chi connectivity index (χ0v) is 18.2. The molecule has 1 aliphatic heterocycles. The molecule has 4 nitrogen and oxygen atoms in total. The number of amides is 1. The van der Waals surface area contributed by atoms with Crippen molar-refractivity contribution in [3.05, 3.63) is 63.2 Å². The molecule has 1 amide bonds. The van der Waals surface area contributed by atoms with E-state index in [1.165, 1.54) is 11.3 Å². The number of carbonyl (C=O) groups excluding carboxylic acids is 1. The number of hydrogen-bond acceptors (Lipinski definition) is 3. The van der Waals surface area contributed by atoms with Gasteiger partial charge in [0.2, 0.25) is 0 Å². The van der Waals surface area contributed by atoms with Crippen LogP contribution in [0.25, 0.3) is 0 Å². The van der Waals surface area contributed by atoms with Crippen LogP contribution < -0.4 is 10.3 Å². The van der Waals surface area contributed by atoms with Gasteiger partial charge >= 0.3 is 0 Å². The average molecular weight is 398 g/mol. The lowest BCUT2D eigenvalue weighted by atomic mass is 9.79. The fourth-order valence-electron chi connectivity index (χ4n) is 3.90. The van der Waals surface area contributed by atoms with E-state index in [-0.39, 0.29) is 11.4 Å². The molecule has 0 radical (unpaired) electrons. The maximum atomic E-state index is 12.3. The number of anilines is 1. The van der Waals surface area contributed by atoms with Crippen LogP contribution in [-0.2, 0) is 0 Å². The van der Waals surface area contributed by atoms with Crippen molar-refractivity contribution in [3.63, 3.8) is 0 Å². The smallest absolute Gasteiger partial charge is 0.272 e. The van der Waals surface area contributed by atoms with Crippen molar-refractivity contribution in [2.75, 3.05) is 11.9 Å². The highest BCUT2D eigenvalue weighted by molar-refractivity contribution is 6.33. The molecular weight excluding hydrogens is 370 g/mol. The first-order chi connectivity index (χ1) is 13.1. The van der Waals surface area contributed by atoms with Gasteiger partial charge in [0.05, 0.1) is 16.8 Å². The van der Waals surface area contributed by atoms with Crippen LogP contribution in [-0.4, -0.2) is 24.7 Å². The number of fused-ring (bicyclic) bond motifs is 1. The lowest BCUT2D eigenvalue weighted by Crippen LogP contribution is -2.45. The predicted octanol–water partition coefficient (Wildman–Crippen LogP) is 5.44. The third-order valence-electron chi connectivity index (χ3n) is 5.76. The number of aryl methyl sites for hydroxylation is 2. The van der Waals surface area contributed by atoms with Crippen molar-refractivity contribution < 1.29 is 4.79 Å². The third-order valence-corrected chi connectivity index (χ3v) is 6.07. The number of hydrogen-bond donors (Lipinski definition) is 1. The quantitative estimate of drug-likeness (QED) is 0.553. The summed E-state index contributed by atoms with van der Waals surface area (Å²) >= 11 is 6.16. The number of rotatable bonds is 3. The normalized spacial score (nSPS) is 18.2. The molecule has 1 atom stereocenters. The molecule has 0 saturated carbocycles. The van der Waals surface area contributed by atoms with Crippen LogP contribution >= 0.6 is 11.6 Å². The maximum Gasteiger partial charge on any atom is 0.272 e. The molecule has 0 spiro atoms. The van der Waals surface area contributed by atoms with E-state index < -0.39 is 0 Å². The monoisotopic (exact) mass is 397 g/mol. The standard InChI is InChI=1S/C23H28ClN3O/c1-14-7-8-18(20(24)9-14)22(28)26-25-13-17-11-19-16(3)12-23(4,5)27(6)21(19)10-15(17)2/h7-11,13,16H,12H2,1-6H3,(H,26,28)/b25-13-. The van der Waals surface area contributed by atoms with Gasteiger partial charge in [-0.3, -0.25) is 4.79 Å². The second kappa shape index (κ2) is 7.59. The summed E-state index contributed by atoms with van der Waals surface area (Å²) in [6.07, 6.45) is 2.81. The lowest BCUT2D eigenvalue weighted by molar-refractivity contribution is 0.0955. The van der Waals surface area contributed by atoms with Gasteiger partial charge in [0.1, 0.15) is 0 Å². The fourth-order valence-corrected chi connectivity index (χ4v) is 4.22. The molecular formula is C23H28ClN3O. The van der Waals surface area contributed by atoms with E-state index >= 15 is 0 Å². The van der Waals surface area contributed by atoms with Gasteiger partial charge in [0, 0.05) is 18.3 Å². The van der Waals surface area contributed by atoms with Crippen molar-refractivity contribution in [1.82, 2.24) is 5.43 Å². The zero-order chi connectivity index (χ0) is 20.6. The van der Waals surface area contributed by atoms with Crippen LogP contribution in [0.2, 0.25) is 5.02 Å². The Morgan fingerprint density at radius 2 is 2.00 bits per heavy atom. The van der Waals surface area contributed by atoms with Crippen LogP contribution in [0.1, 0.15) is 65.7 Å². The highest BCUT2D eigenvalue weighted by Gasteiger charge is 2.34. The highest BCUT2D eigenvalue weighted by Crippen LogP contribution is 2.43. The van der Waals surface area contributed by atoms with E-state index in [0.29, 0.717) is 16.5 Å². The van der Waals surface area contributed by atoms with Crippen LogP contribution in [0.3, 0.4) is 0 Å². The van der Waals surface area contributed by atoms with Crippen molar-refractivity contribution in [1.29, 1.82) is 0 Å². The number of nitrogens with zero attached hydrogens (tertiary/aromatic N) is 2. The molecule has 148 valence electrons. The Labute approximate surface area is 172 Å². The molecule has 0 saturated heterocycles. The summed E-state index contributed by atoms with van der Waals surface area (Å²) in [4.78, 5) is 14.7. The van der Waals surface area contributed by atoms with Gasteiger partial charge in [0.15, 0.2) is 0 Å². The van der Waals surface area contributed by atoms with Crippen molar-refractivity contribution in [2.45, 2.75) is 52.5 Å². The van der Waals surface area contributed by atoms with Crippen LogP contribution in [0, 0.1) is 13.8 Å². The van der Waals surface area contributed by atoms with E-state index in [4.69, 9.17) is 11.6 Å². The van der Waals surface area contributed by atoms with Gasteiger partial charge in [-0.2, -0.15) is 5.10 Å². The summed E-state index contributed by atoms with van der Waals surface area (Å²) in [6.45, 7) is 10.8. The first-order valence-electron chi connectivity index (χ1n) is 9.58. The molecule has 0 bridgehead atoms. The molecule has 2 aromatic rings. The van der Waals surface area contributed by atoms with Crippen molar-refractivity contribution >= 4 is 29.4 Å². The molecule has 1 aliphatic rings. The molecule has 0 fully saturated rings. The fraction of sp³-hybridized carbons (Fsp3) is 0.391. The van der Waals surface area contributed by atoms with E-state index in [2.05, 4.69) is 62.3 Å². The molecule has 3 rings (SSSR count). The molecule has 0 aromatic heterocycles. The molecule has 2 aromatic carbocycles. The highest BCUT2D eigenvalue weighted by atomic mass is 35.5. The summed E-state index contributed by atoms with van der Waals surface area (Å²) in [6, 6.07) is 9.75. The number of carbonyl (C=O) groups is 1. The molecule has 1 heterocycles. The molecule has 5 heteroatoms. The Balaban J connectivity index is 1.81. The number of hydrazone groups is 1. The van der Waals surface area contributed by atoms with Gasteiger partial charge in [-0.1, -0.05) is 24.6 Å². The molecule has 0 aliphatic carbocycles. The minimum Gasteiger partial charge on any atom is -0.369 e. The maximum absolute atomic E-state index is 12.3. The van der Waals surface area contributed by atoms with Gasteiger partial charge < -0.3 is 4.90 Å². The molecule has 1 N–H and O–H groups in total. The summed E-state index contributed by atoms with van der Waals surface area (Å²) in [5, 5.41) is 4.59.